The van der Waals surface area contributed by atoms with Crippen LogP contribution in [-0.4, -0.2) is 11.1 Å². The highest BCUT2D eigenvalue weighted by Gasteiger charge is 2.06. The molecule has 98 valence electrons. The first kappa shape index (κ1) is 13.3. The minimum atomic E-state index is -0.851. The summed E-state index contributed by atoms with van der Waals surface area (Å²) in [4.78, 5) is 11.1. The van der Waals surface area contributed by atoms with Crippen LogP contribution in [0.1, 0.15) is 34.0 Å². The van der Waals surface area contributed by atoms with E-state index in [1.54, 1.807) is 12.1 Å². The van der Waals surface area contributed by atoms with E-state index in [0.29, 0.717) is 5.56 Å². The first-order valence-corrected chi connectivity index (χ1v) is 6.59. The maximum atomic E-state index is 11.1. The Morgan fingerprint density at radius 3 is 2.21 bits per heavy atom. The van der Waals surface area contributed by atoms with Gasteiger partial charge in [0.1, 0.15) is 0 Å². The molecule has 0 aromatic heterocycles. The molecule has 0 aliphatic carbocycles. The number of hydrogen-bond donors (Lipinski definition) is 1. The molecular formula is C17H18O2. The van der Waals surface area contributed by atoms with Crippen LogP contribution < -0.4 is 0 Å². The molecule has 2 heteroatoms. The van der Waals surface area contributed by atoms with Crippen LogP contribution in [0.4, 0.5) is 0 Å². The Morgan fingerprint density at radius 2 is 1.58 bits per heavy atom. The summed E-state index contributed by atoms with van der Waals surface area (Å²) in [5, 5.41) is 9.11. The predicted octanol–water partition coefficient (Wildman–Crippen LogP) is 3.73. The molecule has 0 spiro atoms. The lowest BCUT2D eigenvalue weighted by Gasteiger charge is -2.07. The maximum Gasteiger partial charge on any atom is 0.335 e. The molecular weight excluding hydrogens is 236 g/mol. The molecule has 0 aliphatic heterocycles. The van der Waals surface area contributed by atoms with E-state index in [0.717, 1.165) is 30.4 Å². The van der Waals surface area contributed by atoms with E-state index in [2.05, 4.69) is 18.2 Å². The van der Waals surface area contributed by atoms with Gasteiger partial charge in [-0.3, -0.25) is 0 Å². The number of aryl methyl sites for hydroxylation is 3. The average molecular weight is 254 g/mol. The van der Waals surface area contributed by atoms with Crippen LogP contribution in [0.5, 0.6) is 0 Å². The van der Waals surface area contributed by atoms with E-state index in [1.807, 2.05) is 25.1 Å². The van der Waals surface area contributed by atoms with E-state index in [-0.39, 0.29) is 0 Å². The number of hydrogen-bond acceptors (Lipinski definition) is 1. The van der Waals surface area contributed by atoms with E-state index >= 15 is 0 Å². The minimum Gasteiger partial charge on any atom is -0.478 e. The highest BCUT2D eigenvalue weighted by Crippen LogP contribution is 2.14. The van der Waals surface area contributed by atoms with Crippen molar-refractivity contribution in [2.24, 2.45) is 0 Å². The van der Waals surface area contributed by atoms with Gasteiger partial charge in [-0.05, 0) is 48.1 Å². The van der Waals surface area contributed by atoms with E-state index in [4.69, 9.17) is 5.11 Å². The zero-order valence-electron chi connectivity index (χ0n) is 11.1. The highest BCUT2D eigenvalue weighted by atomic mass is 16.4. The SMILES string of the molecule is CCc1cc(CCc2ccccc2)cc(C(=O)O)c1. The van der Waals surface area contributed by atoms with Gasteiger partial charge in [0.15, 0.2) is 0 Å². The van der Waals surface area contributed by atoms with Crippen molar-refractivity contribution in [3.63, 3.8) is 0 Å². The first-order valence-electron chi connectivity index (χ1n) is 6.59. The molecule has 0 amide bonds. The molecule has 2 aromatic rings. The molecule has 0 saturated carbocycles. The molecule has 2 nitrogen and oxygen atoms in total. The molecule has 0 bridgehead atoms. The Balaban J connectivity index is 2.15. The second-order valence-electron chi connectivity index (χ2n) is 4.68. The fourth-order valence-corrected chi connectivity index (χ4v) is 2.17. The smallest absolute Gasteiger partial charge is 0.335 e. The van der Waals surface area contributed by atoms with E-state index in [1.165, 1.54) is 5.56 Å². The van der Waals surface area contributed by atoms with Crippen molar-refractivity contribution < 1.29 is 9.90 Å². The lowest BCUT2D eigenvalue weighted by Crippen LogP contribution is -2.01. The van der Waals surface area contributed by atoms with Gasteiger partial charge in [-0.2, -0.15) is 0 Å². The molecule has 2 aromatic carbocycles. The van der Waals surface area contributed by atoms with Gasteiger partial charge in [-0.25, -0.2) is 4.79 Å². The highest BCUT2D eigenvalue weighted by molar-refractivity contribution is 5.88. The van der Waals surface area contributed by atoms with Gasteiger partial charge >= 0.3 is 5.97 Å². The van der Waals surface area contributed by atoms with Crippen LogP contribution in [0.3, 0.4) is 0 Å². The number of rotatable bonds is 5. The lowest BCUT2D eigenvalue weighted by molar-refractivity contribution is 0.0696. The third-order valence-electron chi connectivity index (χ3n) is 3.25. The molecule has 0 fully saturated rings. The molecule has 19 heavy (non-hydrogen) atoms. The third-order valence-corrected chi connectivity index (χ3v) is 3.25. The Hall–Kier alpha value is -2.09. The van der Waals surface area contributed by atoms with Crippen LogP contribution in [0.25, 0.3) is 0 Å². The Bertz CT molecular complexity index is 559. The van der Waals surface area contributed by atoms with Crippen LogP contribution in [0, 0.1) is 0 Å². The summed E-state index contributed by atoms with van der Waals surface area (Å²) in [6.07, 6.45) is 2.67. The Kier molecular flexibility index (Phi) is 4.35. The van der Waals surface area contributed by atoms with Crippen LogP contribution in [0.15, 0.2) is 48.5 Å². The molecule has 0 unspecified atom stereocenters. The second-order valence-corrected chi connectivity index (χ2v) is 4.68. The molecule has 0 radical (unpaired) electrons. The van der Waals surface area contributed by atoms with Crippen molar-refractivity contribution in [3.05, 3.63) is 70.8 Å². The maximum absolute atomic E-state index is 11.1. The Labute approximate surface area is 113 Å². The zero-order chi connectivity index (χ0) is 13.7. The summed E-state index contributed by atoms with van der Waals surface area (Å²) in [5.41, 5.74) is 3.85. The van der Waals surface area contributed by atoms with Crippen LogP contribution in [0.2, 0.25) is 0 Å². The predicted molar refractivity (Wildman–Crippen MR) is 76.6 cm³/mol. The average Bonchev–Trinajstić information content (AvgIpc) is 2.45. The molecule has 2 rings (SSSR count). The minimum absolute atomic E-state index is 0.391. The van der Waals surface area contributed by atoms with Crippen LogP contribution >= 0.6 is 0 Å². The summed E-state index contributed by atoms with van der Waals surface area (Å²) >= 11 is 0. The second kappa shape index (κ2) is 6.19. The summed E-state index contributed by atoms with van der Waals surface area (Å²) in [6.45, 7) is 2.04. The number of carboxylic acid groups (broad SMARTS) is 1. The van der Waals surface area contributed by atoms with Gasteiger partial charge in [-0.15, -0.1) is 0 Å². The lowest BCUT2D eigenvalue weighted by atomic mass is 9.99. The van der Waals surface area contributed by atoms with Crippen molar-refractivity contribution in [3.8, 4) is 0 Å². The summed E-state index contributed by atoms with van der Waals surface area (Å²) < 4.78 is 0. The molecule has 0 heterocycles. The first-order chi connectivity index (χ1) is 9.19. The quantitative estimate of drug-likeness (QED) is 0.882. The van der Waals surface area contributed by atoms with Crippen molar-refractivity contribution in [1.82, 2.24) is 0 Å². The largest absolute Gasteiger partial charge is 0.478 e. The molecule has 0 atom stereocenters. The number of carboxylic acids is 1. The van der Waals surface area contributed by atoms with Crippen molar-refractivity contribution in [2.75, 3.05) is 0 Å². The Morgan fingerprint density at radius 1 is 0.947 bits per heavy atom. The van der Waals surface area contributed by atoms with E-state index < -0.39 is 5.97 Å². The normalized spacial score (nSPS) is 10.4. The number of carbonyl (C=O) groups is 1. The zero-order valence-corrected chi connectivity index (χ0v) is 11.1. The fraction of sp³-hybridized carbons (Fsp3) is 0.235. The summed E-state index contributed by atoms with van der Waals surface area (Å²) in [6, 6.07) is 15.9. The van der Waals surface area contributed by atoms with Crippen molar-refractivity contribution >= 4 is 5.97 Å². The third kappa shape index (κ3) is 3.68. The standard InChI is InChI=1S/C17H18O2/c1-2-13-10-15(12-16(11-13)17(18)19)9-8-14-6-4-3-5-7-14/h3-7,10-12H,2,8-9H2,1H3,(H,18,19). The van der Waals surface area contributed by atoms with Gasteiger partial charge in [0.2, 0.25) is 0 Å². The fourth-order valence-electron chi connectivity index (χ4n) is 2.17. The van der Waals surface area contributed by atoms with Gasteiger partial charge in [0.05, 0.1) is 5.56 Å². The summed E-state index contributed by atoms with van der Waals surface area (Å²) in [5.74, 6) is -0.851. The van der Waals surface area contributed by atoms with Crippen molar-refractivity contribution in [1.29, 1.82) is 0 Å². The van der Waals surface area contributed by atoms with Gasteiger partial charge < -0.3 is 5.11 Å². The number of benzene rings is 2. The van der Waals surface area contributed by atoms with Gasteiger partial charge in [0, 0.05) is 0 Å². The van der Waals surface area contributed by atoms with E-state index in [9.17, 15) is 4.79 Å². The summed E-state index contributed by atoms with van der Waals surface area (Å²) in [7, 11) is 0. The van der Waals surface area contributed by atoms with Gasteiger partial charge in [-0.1, -0.05) is 43.3 Å². The van der Waals surface area contributed by atoms with Gasteiger partial charge in [0.25, 0.3) is 0 Å². The topological polar surface area (TPSA) is 37.3 Å². The molecule has 0 aliphatic rings. The molecule has 1 N–H and O–H groups in total. The van der Waals surface area contributed by atoms with Crippen molar-refractivity contribution in [2.45, 2.75) is 26.2 Å². The number of aromatic carboxylic acids is 1. The monoisotopic (exact) mass is 254 g/mol. The van der Waals surface area contributed by atoms with Crippen LogP contribution in [-0.2, 0) is 19.3 Å². The molecule has 0 saturated heterocycles.